The first kappa shape index (κ1) is 23.5. The molecule has 3 aromatic carbocycles. The van der Waals surface area contributed by atoms with E-state index < -0.39 is 15.3 Å². The molecule has 1 amide bonds. The molecule has 0 radical (unpaired) electrons. The molecule has 0 saturated heterocycles. The van der Waals surface area contributed by atoms with E-state index in [1.165, 1.54) is 11.8 Å². The second-order valence-electron chi connectivity index (χ2n) is 6.82. The molecule has 0 bridgehead atoms. The number of benzene rings is 3. The molecule has 9 heteroatoms. The molecule has 1 atom stereocenters. The third-order valence-electron chi connectivity index (χ3n) is 4.31. The fourth-order valence-electron chi connectivity index (χ4n) is 2.62. The van der Waals surface area contributed by atoms with Gasteiger partial charge in [-0.3, -0.25) is 9.52 Å². The summed E-state index contributed by atoms with van der Waals surface area (Å²) in [5, 5.41) is 3.23. The van der Waals surface area contributed by atoms with Crippen LogP contribution < -0.4 is 10.0 Å². The fraction of sp³-hybridized carbons (Fsp3) is 0.136. The van der Waals surface area contributed by atoms with Gasteiger partial charge in [0.25, 0.3) is 10.0 Å². The van der Waals surface area contributed by atoms with E-state index in [2.05, 4.69) is 10.0 Å². The normalized spacial score (nSPS) is 12.3. The van der Waals surface area contributed by atoms with Gasteiger partial charge in [-0.1, -0.05) is 40.9 Å². The van der Waals surface area contributed by atoms with Crippen LogP contribution in [0.3, 0.4) is 0 Å². The molecular formula is C22H20Cl2N2O3S2. The maximum atomic E-state index is 12.5. The van der Waals surface area contributed by atoms with Crippen molar-refractivity contribution in [1.29, 1.82) is 0 Å². The number of carbonyl (C=O) groups is 1. The zero-order valence-corrected chi connectivity index (χ0v) is 19.9. The molecule has 0 aromatic heterocycles. The molecule has 0 spiro atoms. The van der Waals surface area contributed by atoms with Crippen molar-refractivity contribution in [1.82, 2.24) is 0 Å². The molecule has 31 heavy (non-hydrogen) atoms. The molecule has 3 aromatic rings. The molecule has 0 saturated carbocycles. The van der Waals surface area contributed by atoms with E-state index in [0.717, 1.165) is 10.5 Å². The Kier molecular flexibility index (Phi) is 7.54. The van der Waals surface area contributed by atoms with Gasteiger partial charge in [0, 0.05) is 15.6 Å². The maximum absolute atomic E-state index is 12.5. The summed E-state index contributed by atoms with van der Waals surface area (Å²) in [6.45, 7) is 3.66. The van der Waals surface area contributed by atoms with Gasteiger partial charge in [0.05, 0.1) is 20.9 Å². The molecular weight excluding hydrogens is 475 g/mol. The highest BCUT2D eigenvalue weighted by molar-refractivity contribution is 8.00. The summed E-state index contributed by atoms with van der Waals surface area (Å²) >= 11 is 13.4. The van der Waals surface area contributed by atoms with Crippen molar-refractivity contribution in [3.63, 3.8) is 0 Å². The van der Waals surface area contributed by atoms with Gasteiger partial charge in [-0.25, -0.2) is 8.42 Å². The predicted molar refractivity (Wildman–Crippen MR) is 129 cm³/mol. The Morgan fingerprint density at radius 2 is 1.61 bits per heavy atom. The highest BCUT2D eigenvalue weighted by atomic mass is 35.5. The van der Waals surface area contributed by atoms with Crippen molar-refractivity contribution in [3.05, 3.63) is 82.3 Å². The van der Waals surface area contributed by atoms with Gasteiger partial charge in [0.15, 0.2) is 0 Å². The molecule has 0 aliphatic rings. The molecule has 1 unspecified atom stereocenters. The summed E-state index contributed by atoms with van der Waals surface area (Å²) < 4.78 is 27.6. The summed E-state index contributed by atoms with van der Waals surface area (Å²) in [6.07, 6.45) is 0. The first-order valence-electron chi connectivity index (χ1n) is 9.26. The van der Waals surface area contributed by atoms with Crippen LogP contribution >= 0.6 is 35.0 Å². The smallest absolute Gasteiger partial charge is 0.261 e. The van der Waals surface area contributed by atoms with Crippen LogP contribution in [0.5, 0.6) is 0 Å². The number of sulfonamides is 1. The molecule has 3 rings (SSSR count). The summed E-state index contributed by atoms with van der Waals surface area (Å²) in [4.78, 5) is 13.5. The molecule has 0 aliphatic heterocycles. The lowest BCUT2D eigenvalue weighted by Crippen LogP contribution is -2.22. The van der Waals surface area contributed by atoms with E-state index in [1.54, 1.807) is 73.7 Å². The van der Waals surface area contributed by atoms with Crippen LogP contribution in [0.2, 0.25) is 10.0 Å². The molecule has 162 valence electrons. The summed E-state index contributed by atoms with van der Waals surface area (Å²) in [5.41, 5.74) is 1.87. The molecule has 2 N–H and O–H groups in total. The Morgan fingerprint density at radius 1 is 0.968 bits per heavy atom. The summed E-state index contributed by atoms with van der Waals surface area (Å²) in [7, 11) is -3.67. The summed E-state index contributed by atoms with van der Waals surface area (Å²) in [6, 6.07) is 18.3. The Morgan fingerprint density at radius 3 is 2.26 bits per heavy atom. The van der Waals surface area contributed by atoms with Crippen LogP contribution in [0, 0.1) is 6.92 Å². The van der Waals surface area contributed by atoms with Gasteiger partial charge in [0.1, 0.15) is 0 Å². The van der Waals surface area contributed by atoms with Crippen LogP contribution in [0.15, 0.2) is 76.5 Å². The van der Waals surface area contributed by atoms with Crippen LogP contribution in [0.25, 0.3) is 0 Å². The van der Waals surface area contributed by atoms with Crippen molar-refractivity contribution >= 4 is 62.3 Å². The lowest BCUT2D eigenvalue weighted by atomic mass is 10.2. The van der Waals surface area contributed by atoms with Gasteiger partial charge in [0.2, 0.25) is 5.91 Å². The first-order valence-corrected chi connectivity index (χ1v) is 12.4. The van der Waals surface area contributed by atoms with Crippen molar-refractivity contribution in [2.75, 3.05) is 10.0 Å². The Hall–Kier alpha value is -2.19. The van der Waals surface area contributed by atoms with Gasteiger partial charge >= 0.3 is 0 Å². The number of hydrogen-bond donors (Lipinski definition) is 2. The number of amides is 1. The average molecular weight is 495 g/mol. The number of nitrogens with one attached hydrogen (secondary N) is 2. The predicted octanol–water partition coefficient (Wildman–Crippen LogP) is 6.22. The highest BCUT2D eigenvalue weighted by Crippen LogP contribution is 2.29. The van der Waals surface area contributed by atoms with Gasteiger partial charge in [-0.05, 0) is 68.4 Å². The van der Waals surface area contributed by atoms with E-state index in [0.29, 0.717) is 21.4 Å². The van der Waals surface area contributed by atoms with Crippen molar-refractivity contribution < 1.29 is 13.2 Å². The Bertz CT molecular complexity index is 1180. The molecule has 0 fully saturated rings. The lowest BCUT2D eigenvalue weighted by molar-refractivity contribution is -0.115. The zero-order chi connectivity index (χ0) is 22.6. The van der Waals surface area contributed by atoms with Crippen molar-refractivity contribution in [2.24, 2.45) is 0 Å². The largest absolute Gasteiger partial charge is 0.324 e. The van der Waals surface area contributed by atoms with E-state index in [9.17, 15) is 13.2 Å². The Labute approximate surface area is 196 Å². The topological polar surface area (TPSA) is 75.3 Å². The van der Waals surface area contributed by atoms with Gasteiger partial charge in [-0.15, -0.1) is 11.8 Å². The van der Waals surface area contributed by atoms with Crippen LogP contribution in [-0.2, 0) is 14.8 Å². The summed E-state index contributed by atoms with van der Waals surface area (Å²) in [5.74, 6) is -0.224. The van der Waals surface area contributed by atoms with Crippen LogP contribution in [0.1, 0.15) is 12.5 Å². The average Bonchev–Trinajstić information content (AvgIpc) is 2.72. The molecule has 5 nitrogen and oxygen atoms in total. The van der Waals surface area contributed by atoms with E-state index in [1.807, 2.05) is 6.92 Å². The minimum atomic E-state index is -3.67. The number of anilines is 2. The third-order valence-corrected chi connectivity index (χ3v) is 7.38. The monoisotopic (exact) mass is 494 g/mol. The Balaban J connectivity index is 1.62. The second-order valence-corrected chi connectivity index (χ2v) is 10.8. The number of rotatable bonds is 7. The number of carbonyl (C=O) groups excluding carboxylic acids is 1. The second kappa shape index (κ2) is 9.96. The van der Waals surface area contributed by atoms with E-state index in [4.69, 9.17) is 23.2 Å². The SMILES string of the molecule is Cc1ccc(S(=O)(=O)Nc2ccc(SC(C)C(=O)Nc3cc(Cl)ccc3Cl)cc2)cc1. The standard InChI is InChI=1S/C22H20Cl2N2O3S2/c1-14-3-10-19(11-4-14)31(28,29)26-17-6-8-18(9-7-17)30-15(2)22(27)25-21-13-16(23)5-12-20(21)24/h3-13,15,26H,1-2H3,(H,25,27). The molecule has 0 heterocycles. The van der Waals surface area contributed by atoms with Crippen molar-refractivity contribution in [2.45, 2.75) is 28.9 Å². The maximum Gasteiger partial charge on any atom is 0.261 e. The van der Waals surface area contributed by atoms with Crippen LogP contribution in [-0.4, -0.2) is 19.6 Å². The molecule has 0 aliphatic carbocycles. The minimum Gasteiger partial charge on any atom is -0.324 e. The number of hydrogen-bond acceptors (Lipinski definition) is 4. The first-order chi connectivity index (χ1) is 14.6. The zero-order valence-electron chi connectivity index (χ0n) is 16.7. The van der Waals surface area contributed by atoms with Crippen molar-refractivity contribution in [3.8, 4) is 0 Å². The third kappa shape index (κ3) is 6.40. The number of halogens is 2. The van der Waals surface area contributed by atoms with E-state index in [-0.39, 0.29) is 10.8 Å². The lowest BCUT2D eigenvalue weighted by Gasteiger charge is -2.14. The van der Waals surface area contributed by atoms with E-state index >= 15 is 0 Å². The fourth-order valence-corrected chi connectivity index (χ4v) is 4.88. The quantitative estimate of drug-likeness (QED) is 0.382. The van der Waals surface area contributed by atoms with Gasteiger partial charge in [-0.2, -0.15) is 0 Å². The minimum absolute atomic E-state index is 0.196. The number of aryl methyl sites for hydroxylation is 1. The van der Waals surface area contributed by atoms with Crippen LogP contribution in [0.4, 0.5) is 11.4 Å². The highest BCUT2D eigenvalue weighted by Gasteiger charge is 2.17. The van der Waals surface area contributed by atoms with Gasteiger partial charge < -0.3 is 5.32 Å². The number of thioether (sulfide) groups is 1.